The molecule has 2 aromatic heterocycles. The molecule has 5 rings (SSSR count). The molecule has 160 valence electrons. The summed E-state index contributed by atoms with van der Waals surface area (Å²) in [4.78, 5) is 21.5. The largest absolute Gasteiger partial charge is 0.334 e. The highest BCUT2D eigenvalue weighted by Gasteiger charge is 2.32. The summed E-state index contributed by atoms with van der Waals surface area (Å²) in [5.74, 6) is -0.308. The minimum atomic E-state index is -3.62. The van der Waals surface area contributed by atoms with E-state index in [2.05, 4.69) is 15.3 Å². The standard InChI is InChI=1S/C21H21N5O3S2/c1-25-12-22-17-11-16(3-4-19(17)25)31(28,29)26-8-6-14(7-9-26)21(27)24-15-2-5-20-18(10-15)23-13-30-20/h2-5,10-14H,6-9H2,1H3,(H,24,27). The van der Waals surface area contributed by atoms with Crippen molar-refractivity contribution in [1.29, 1.82) is 0 Å². The number of sulfonamides is 1. The molecule has 4 aromatic rings. The third kappa shape index (κ3) is 3.71. The Balaban J connectivity index is 1.25. The van der Waals surface area contributed by atoms with Gasteiger partial charge in [0, 0.05) is 31.7 Å². The van der Waals surface area contributed by atoms with E-state index in [4.69, 9.17) is 0 Å². The molecule has 0 aliphatic carbocycles. The molecular weight excluding hydrogens is 434 g/mol. The molecule has 0 unspecified atom stereocenters. The van der Waals surface area contributed by atoms with E-state index >= 15 is 0 Å². The number of imidazole rings is 1. The van der Waals surface area contributed by atoms with E-state index in [0.717, 1.165) is 15.7 Å². The number of carbonyl (C=O) groups excluding carboxylic acids is 1. The molecule has 0 bridgehead atoms. The van der Waals surface area contributed by atoms with Gasteiger partial charge in [0.2, 0.25) is 15.9 Å². The minimum Gasteiger partial charge on any atom is -0.334 e. The van der Waals surface area contributed by atoms with Gasteiger partial charge in [-0.1, -0.05) is 0 Å². The van der Waals surface area contributed by atoms with Crippen molar-refractivity contribution >= 4 is 54.2 Å². The van der Waals surface area contributed by atoms with Gasteiger partial charge >= 0.3 is 0 Å². The van der Waals surface area contributed by atoms with E-state index in [0.29, 0.717) is 37.1 Å². The molecule has 8 nitrogen and oxygen atoms in total. The zero-order valence-electron chi connectivity index (χ0n) is 16.9. The monoisotopic (exact) mass is 455 g/mol. The number of nitrogens with zero attached hydrogens (tertiary/aromatic N) is 4. The third-order valence-corrected chi connectivity index (χ3v) is 8.46. The fourth-order valence-corrected chi connectivity index (χ4v) is 6.11. The lowest BCUT2D eigenvalue weighted by molar-refractivity contribution is -0.120. The molecule has 0 saturated carbocycles. The van der Waals surface area contributed by atoms with Crippen LogP contribution in [0.3, 0.4) is 0 Å². The highest BCUT2D eigenvalue weighted by Crippen LogP contribution is 2.27. The molecule has 10 heteroatoms. The Labute approximate surface area is 183 Å². The molecule has 3 heterocycles. The number of aryl methyl sites for hydroxylation is 1. The number of aromatic nitrogens is 3. The fraction of sp³-hybridized carbons (Fsp3) is 0.286. The van der Waals surface area contributed by atoms with Crippen LogP contribution in [0.4, 0.5) is 5.69 Å². The molecule has 1 amide bonds. The van der Waals surface area contributed by atoms with Crippen molar-refractivity contribution in [2.24, 2.45) is 13.0 Å². The molecule has 1 aliphatic heterocycles. The molecule has 0 atom stereocenters. The van der Waals surface area contributed by atoms with Crippen LogP contribution < -0.4 is 5.32 Å². The first-order chi connectivity index (χ1) is 14.9. The zero-order chi connectivity index (χ0) is 21.6. The van der Waals surface area contributed by atoms with Gasteiger partial charge in [0.25, 0.3) is 0 Å². The number of fused-ring (bicyclic) bond motifs is 2. The summed E-state index contributed by atoms with van der Waals surface area (Å²) in [6, 6.07) is 10.7. The fourth-order valence-electron chi connectivity index (χ4n) is 3.96. The number of amides is 1. The van der Waals surface area contributed by atoms with E-state index in [1.54, 1.807) is 41.4 Å². The number of nitrogens with one attached hydrogen (secondary N) is 1. The first-order valence-electron chi connectivity index (χ1n) is 9.97. The van der Waals surface area contributed by atoms with Crippen LogP contribution in [0, 0.1) is 5.92 Å². The quantitative estimate of drug-likeness (QED) is 0.510. The molecule has 1 N–H and O–H groups in total. The molecule has 2 aromatic carbocycles. The second-order valence-electron chi connectivity index (χ2n) is 7.71. The Hall–Kier alpha value is -2.82. The Morgan fingerprint density at radius 2 is 1.90 bits per heavy atom. The Bertz CT molecular complexity index is 1380. The van der Waals surface area contributed by atoms with Gasteiger partial charge in [-0.25, -0.2) is 18.4 Å². The second-order valence-corrected chi connectivity index (χ2v) is 10.5. The summed E-state index contributed by atoms with van der Waals surface area (Å²) in [6.07, 6.45) is 2.63. The van der Waals surface area contributed by atoms with Crippen LogP contribution in [-0.4, -0.2) is 46.3 Å². The van der Waals surface area contributed by atoms with Crippen LogP contribution in [0.15, 0.2) is 53.1 Å². The predicted molar refractivity (Wildman–Crippen MR) is 120 cm³/mol. The normalized spacial score (nSPS) is 16.2. The number of hydrogen-bond acceptors (Lipinski definition) is 6. The van der Waals surface area contributed by atoms with Gasteiger partial charge in [-0.2, -0.15) is 4.31 Å². The summed E-state index contributed by atoms with van der Waals surface area (Å²) in [5.41, 5.74) is 4.87. The molecular formula is C21H21N5O3S2. The van der Waals surface area contributed by atoms with Gasteiger partial charge in [-0.05, 0) is 49.2 Å². The van der Waals surface area contributed by atoms with E-state index in [1.165, 1.54) is 4.31 Å². The maximum atomic E-state index is 13.1. The first kappa shape index (κ1) is 20.1. The number of carbonyl (C=O) groups is 1. The Kier molecular flexibility index (Phi) is 4.99. The average molecular weight is 456 g/mol. The van der Waals surface area contributed by atoms with E-state index < -0.39 is 10.0 Å². The van der Waals surface area contributed by atoms with Crippen molar-refractivity contribution in [3.05, 3.63) is 48.2 Å². The van der Waals surface area contributed by atoms with Crippen LogP contribution in [0.1, 0.15) is 12.8 Å². The van der Waals surface area contributed by atoms with Crippen LogP contribution in [0.5, 0.6) is 0 Å². The van der Waals surface area contributed by atoms with Gasteiger partial charge in [-0.3, -0.25) is 4.79 Å². The van der Waals surface area contributed by atoms with E-state index in [9.17, 15) is 13.2 Å². The Morgan fingerprint density at radius 1 is 1.10 bits per heavy atom. The van der Waals surface area contributed by atoms with Crippen LogP contribution in [-0.2, 0) is 21.9 Å². The maximum Gasteiger partial charge on any atom is 0.243 e. The van der Waals surface area contributed by atoms with Crippen LogP contribution >= 0.6 is 11.3 Å². The zero-order valence-corrected chi connectivity index (χ0v) is 18.5. The lowest BCUT2D eigenvalue weighted by atomic mass is 9.97. The summed E-state index contributed by atoms with van der Waals surface area (Å²) < 4.78 is 30.6. The number of hydrogen-bond donors (Lipinski definition) is 1. The van der Waals surface area contributed by atoms with Gasteiger partial charge in [0.1, 0.15) is 0 Å². The van der Waals surface area contributed by atoms with E-state index in [1.807, 2.05) is 29.8 Å². The number of piperidine rings is 1. The van der Waals surface area contributed by atoms with Crippen molar-refractivity contribution in [3.8, 4) is 0 Å². The second kappa shape index (κ2) is 7.70. The number of anilines is 1. The van der Waals surface area contributed by atoms with Crippen molar-refractivity contribution in [2.75, 3.05) is 18.4 Å². The van der Waals surface area contributed by atoms with Gasteiger partial charge < -0.3 is 9.88 Å². The minimum absolute atomic E-state index is 0.0819. The lowest BCUT2D eigenvalue weighted by Crippen LogP contribution is -2.41. The topological polar surface area (TPSA) is 97.2 Å². The van der Waals surface area contributed by atoms with Gasteiger partial charge in [-0.15, -0.1) is 11.3 Å². The SMILES string of the molecule is Cn1cnc2cc(S(=O)(=O)N3CCC(C(=O)Nc4ccc5scnc5c4)CC3)ccc21. The summed E-state index contributed by atoms with van der Waals surface area (Å²) >= 11 is 1.55. The third-order valence-electron chi connectivity index (χ3n) is 5.76. The van der Waals surface area contributed by atoms with E-state index in [-0.39, 0.29) is 16.7 Å². The maximum absolute atomic E-state index is 13.1. The average Bonchev–Trinajstić information content (AvgIpc) is 3.39. The first-order valence-corrected chi connectivity index (χ1v) is 12.3. The molecule has 31 heavy (non-hydrogen) atoms. The highest BCUT2D eigenvalue weighted by molar-refractivity contribution is 7.89. The predicted octanol–water partition coefficient (Wildman–Crippen LogP) is 3.22. The van der Waals surface area contributed by atoms with Crippen LogP contribution in [0.25, 0.3) is 21.3 Å². The van der Waals surface area contributed by atoms with Gasteiger partial charge in [0.15, 0.2) is 0 Å². The molecule has 0 radical (unpaired) electrons. The number of rotatable bonds is 4. The number of benzene rings is 2. The Morgan fingerprint density at radius 3 is 2.71 bits per heavy atom. The van der Waals surface area contributed by atoms with Crippen molar-refractivity contribution in [2.45, 2.75) is 17.7 Å². The van der Waals surface area contributed by atoms with Crippen molar-refractivity contribution in [3.63, 3.8) is 0 Å². The lowest BCUT2D eigenvalue weighted by Gasteiger charge is -2.30. The summed E-state index contributed by atoms with van der Waals surface area (Å²) in [7, 11) is -1.76. The van der Waals surface area contributed by atoms with Gasteiger partial charge in [0.05, 0.1) is 38.0 Å². The molecule has 1 saturated heterocycles. The van der Waals surface area contributed by atoms with Crippen molar-refractivity contribution < 1.29 is 13.2 Å². The molecule has 1 fully saturated rings. The highest BCUT2D eigenvalue weighted by atomic mass is 32.2. The van der Waals surface area contributed by atoms with Crippen LogP contribution in [0.2, 0.25) is 0 Å². The molecule has 0 spiro atoms. The molecule has 1 aliphatic rings. The van der Waals surface area contributed by atoms with Crippen molar-refractivity contribution in [1.82, 2.24) is 18.8 Å². The summed E-state index contributed by atoms with van der Waals surface area (Å²) in [6.45, 7) is 0.623. The summed E-state index contributed by atoms with van der Waals surface area (Å²) in [5, 5.41) is 2.95. The number of thiazole rings is 1. The smallest absolute Gasteiger partial charge is 0.243 e.